The molecule has 0 aliphatic carbocycles. The van der Waals surface area contributed by atoms with Crippen LogP contribution in [-0.4, -0.2) is 29.2 Å². The maximum Gasteiger partial charge on any atom is 0.360 e. The minimum Gasteiger partial charge on any atom is -0.495 e. The molecule has 2 rings (SSSR count). The second kappa shape index (κ2) is 5.96. The van der Waals surface area contributed by atoms with E-state index < -0.39 is 5.97 Å². The molecule has 6 nitrogen and oxygen atoms in total. The quantitative estimate of drug-likeness (QED) is 0.865. The summed E-state index contributed by atoms with van der Waals surface area (Å²) in [5.74, 6) is 0.283. The normalized spacial score (nSPS) is 10.3. The van der Waals surface area contributed by atoms with E-state index in [2.05, 4.69) is 20.9 Å². The Kier molecular flexibility index (Phi) is 4.29. The van der Waals surface area contributed by atoms with Gasteiger partial charge < -0.3 is 15.2 Å². The van der Waals surface area contributed by atoms with Gasteiger partial charge in [0.25, 0.3) is 0 Å². The smallest absolute Gasteiger partial charge is 0.360 e. The molecule has 2 N–H and O–H groups in total. The van der Waals surface area contributed by atoms with Gasteiger partial charge in [0.15, 0.2) is 5.69 Å². The summed E-state index contributed by atoms with van der Waals surface area (Å²) in [5.41, 5.74) is 6.74. The number of nitrogen functional groups attached to an aromatic ring is 1. The largest absolute Gasteiger partial charge is 0.495 e. The van der Waals surface area contributed by atoms with E-state index in [0.717, 1.165) is 4.47 Å². The molecule has 0 aliphatic heterocycles. The monoisotopic (exact) mass is 339 g/mol. The average molecular weight is 340 g/mol. The van der Waals surface area contributed by atoms with Crippen molar-refractivity contribution in [1.82, 2.24) is 9.55 Å². The van der Waals surface area contributed by atoms with Crippen molar-refractivity contribution in [2.75, 3.05) is 19.5 Å². The van der Waals surface area contributed by atoms with Crippen molar-refractivity contribution < 1.29 is 14.3 Å². The van der Waals surface area contributed by atoms with E-state index >= 15 is 0 Å². The van der Waals surface area contributed by atoms with E-state index in [-0.39, 0.29) is 18.1 Å². The third kappa shape index (κ3) is 2.62. The zero-order valence-corrected chi connectivity index (χ0v) is 12.7. The molecular weight excluding hydrogens is 326 g/mol. The van der Waals surface area contributed by atoms with Gasteiger partial charge >= 0.3 is 5.97 Å². The second-order valence-electron chi connectivity index (χ2n) is 3.89. The van der Waals surface area contributed by atoms with Gasteiger partial charge in [0.1, 0.15) is 17.9 Å². The number of nitrogens with zero attached hydrogens (tertiary/aromatic N) is 2. The van der Waals surface area contributed by atoms with E-state index in [9.17, 15) is 4.79 Å². The summed E-state index contributed by atoms with van der Waals surface area (Å²) in [4.78, 5) is 15.7. The third-order valence-corrected chi connectivity index (χ3v) is 3.17. The lowest BCUT2D eigenvalue weighted by Crippen LogP contribution is -2.09. The summed E-state index contributed by atoms with van der Waals surface area (Å²) in [5, 5.41) is 0. The molecule has 1 aromatic carbocycles. The Bertz CT molecular complexity index is 640. The van der Waals surface area contributed by atoms with Crippen LogP contribution in [0.3, 0.4) is 0 Å². The average Bonchev–Trinajstić information content (AvgIpc) is 2.80. The fraction of sp³-hybridized carbons (Fsp3) is 0.231. The molecule has 0 unspecified atom stereocenters. The van der Waals surface area contributed by atoms with Gasteiger partial charge in [-0.3, -0.25) is 4.57 Å². The molecule has 20 heavy (non-hydrogen) atoms. The topological polar surface area (TPSA) is 79.4 Å². The summed E-state index contributed by atoms with van der Waals surface area (Å²) in [6.07, 6.45) is 1.46. The minimum absolute atomic E-state index is 0.0916. The number of rotatable bonds is 4. The first-order valence-electron chi connectivity index (χ1n) is 5.92. The van der Waals surface area contributed by atoms with Crippen LogP contribution in [-0.2, 0) is 4.74 Å². The predicted octanol–water partition coefficient (Wildman–Crippen LogP) is 2.40. The van der Waals surface area contributed by atoms with Gasteiger partial charge in [-0.15, -0.1) is 0 Å². The Morgan fingerprint density at radius 1 is 1.50 bits per heavy atom. The molecule has 0 radical (unpaired) electrons. The van der Waals surface area contributed by atoms with E-state index in [0.29, 0.717) is 11.4 Å². The van der Waals surface area contributed by atoms with Crippen LogP contribution in [0.2, 0.25) is 0 Å². The third-order valence-electron chi connectivity index (χ3n) is 2.67. The predicted molar refractivity (Wildman–Crippen MR) is 78.2 cm³/mol. The van der Waals surface area contributed by atoms with Crippen LogP contribution >= 0.6 is 15.9 Å². The highest BCUT2D eigenvalue weighted by molar-refractivity contribution is 9.10. The van der Waals surface area contributed by atoms with Gasteiger partial charge in [0, 0.05) is 4.47 Å². The summed E-state index contributed by atoms with van der Waals surface area (Å²) in [6, 6.07) is 5.47. The second-order valence-corrected chi connectivity index (χ2v) is 4.80. The number of ether oxygens (including phenoxy) is 2. The maximum absolute atomic E-state index is 11.7. The first-order valence-corrected chi connectivity index (χ1v) is 6.71. The summed E-state index contributed by atoms with van der Waals surface area (Å²) >= 11 is 3.39. The van der Waals surface area contributed by atoms with Crippen molar-refractivity contribution in [3.8, 4) is 11.4 Å². The van der Waals surface area contributed by atoms with Gasteiger partial charge in [-0.25, -0.2) is 9.78 Å². The number of carbonyl (C=O) groups is 1. The van der Waals surface area contributed by atoms with Crippen LogP contribution in [0.4, 0.5) is 5.82 Å². The Morgan fingerprint density at radius 3 is 2.90 bits per heavy atom. The van der Waals surface area contributed by atoms with Gasteiger partial charge in [-0.2, -0.15) is 0 Å². The Balaban J connectivity index is 2.49. The van der Waals surface area contributed by atoms with Crippen LogP contribution in [0.5, 0.6) is 5.75 Å². The van der Waals surface area contributed by atoms with Crippen molar-refractivity contribution in [2.45, 2.75) is 6.92 Å². The van der Waals surface area contributed by atoms with Crippen LogP contribution in [0.25, 0.3) is 5.69 Å². The molecule has 0 spiro atoms. The number of nitrogens with two attached hydrogens (primary N) is 1. The van der Waals surface area contributed by atoms with E-state index in [1.807, 2.05) is 12.1 Å². The molecule has 7 heteroatoms. The molecule has 0 bridgehead atoms. The first-order chi connectivity index (χ1) is 9.58. The highest BCUT2D eigenvalue weighted by Crippen LogP contribution is 2.29. The van der Waals surface area contributed by atoms with Crippen LogP contribution in [0.1, 0.15) is 17.4 Å². The zero-order valence-electron chi connectivity index (χ0n) is 11.1. The lowest BCUT2D eigenvalue weighted by atomic mass is 10.3. The van der Waals surface area contributed by atoms with E-state index in [4.69, 9.17) is 15.2 Å². The van der Waals surface area contributed by atoms with Crippen LogP contribution < -0.4 is 10.5 Å². The van der Waals surface area contributed by atoms with Gasteiger partial charge in [0.05, 0.1) is 19.4 Å². The van der Waals surface area contributed by atoms with Crippen molar-refractivity contribution >= 4 is 27.7 Å². The number of esters is 1. The van der Waals surface area contributed by atoms with Gasteiger partial charge in [0.2, 0.25) is 0 Å². The van der Waals surface area contributed by atoms with Gasteiger partial charge in [-0.05, 0) is 25.1 Å². The molecule has 0 fully saturated rings. The molecule has 1 heterocycles. The number of carbonyl (C=O) groups excluding carboxylic acids is 1. The standard InChI is InChI=1S/C13H14BrN3O3/c1-3-20-13(18)11-12(15)17(7-16-11)9-6-8(14)4-5-10(9)19-2/h4-7H,3,15H2,1-2H3. The number of anilines is 1. The number of benzene rings is 1. The number of halogens is 1. The summed E-state index contributed by atoms with van der Waals surface area (Å²) < 4.78 is 12.6. The van der Waals surface area contributed by atoms with Crippen molar-refractivity contribution in [1.29, 1.82) is 0 Å². The fourth-order valence-electron chi connectivity index (χ4n) is 1.76. The lowest BCUT2D eigenvalue weighted by molar-refractivity contribution is 0.0521. The SMILES string of the molecule is CCOC(=O)c1ncn(-c2cc(Br)ccc2OC)c1N. The zero-order chi connectivity index (χ0) is 14.7. The Labute approximate surface area is 124 Å². The number of hydrogen-bond donors (Lipinski definition) is 1. The number of hydrogen-bond acceptors (Lipinski definition) is 5. The van der Waals surface area contributed by atoms with Crippen molar-refractivity contribution in [2.24, 2.45) is 0 Å². The molecule has 0 aliphatic rings. The number of aromatic nitrogens is 2. The highest BCUT2D eigenvalue weighted by atomic mass is 79.9. The molecule has 0 atom stereocenters. The first kappa shape index (κ1) is 14.4. The molecule has 0 saturated carbocycles. The molecule has 0 saturated heterocycles. The molecule has 106 valence electrons. The molecule has 0 amide bonds. The number of methoxy groups -OCH3 is 1. The Hall–Kier alpha value is -2.02. The highest BCUT2D eigenvalue weighted by Gasteiger charge is 2.19. The van der Waals surface area contributed by atoms with Crippen molar-refractivity contribution in [3.63, 3.8) is 0 Å². The fourth-order valence-corrected chi connectivity index (χ4v) is 2.11. The van der Waals surface area contributed by atoms with E-state index in [1.165, 1.54) is 6.33 Å². The molecule has 2 aromatic rings. The summed E-state index contributed by atoms with van der Waals surface area (Å²) in [6.45, 7) is 1.99. The van der Waals surface area contributed by atoms with Gasteiger partial charge in [-0.1, -0.05) is 15.9 Å². The lowest BCUT2D eigenvalue weighted by Gasteiger charge is -2.11. The van der Waals surface area contributed by atoms with E-state index in [1.54, 1.807) is 24.7 Å². The maximum atomic E-state index is 11.7. The Morgan fingerprint density at radius 2 is 2.25 bits per heavy atom. The van der Waals surface area contributed by atoms with Crippen molar-refractivity contribution in [3.05, 3.63) is 34.7 Å². The number of imidazole rings is 1. The molecular formula is C13H14BrN3O3. The van der Waals surface area contributed by atoms with Crippen LogP contribution in [0, 0.1) is 0 Å². The van der Waals surface area contributed by atoms with Crippen LogP contribution in [0.15, 0.2) is 29.0 Å². The minimum atomic E-state index is -0.544. The summed E-state index contributed by atoms with van der Waals surface area (Å²) in [7, 11) is 1.56. The molecule has 1 aromatic heterocycles.